The summed E-state index contributed by atoms with van der Waals surface area (Å²) in [6, 6.07) is 18.0. The van der Waals surface area contributed by atoms with E-state index in [4.69, 9.17) is 0 Å². The first-order valence-corrected chi connectivity index (χ1v) is 7.93. The molecular formula is C20H14FN3O2. The van der Waals surface area contributed by atoms with E-state index in [-0.39, 0.29) is 11.6 Å². The number of phenols is 1. The molecule has 0 aliphatic carbocycles. The quantitative estimate of drug-likeness (QED) is 0.539. The molecule has 0 atom stereocenters. The summed E-state index contributed by atoms with van der Waals surface area (Å²) in [5, 5.41) is 17.7. The van der Waals surface area contributed by atoms with E-state index in [1.165, 1.54) is 23.1 Å². The number of amides is 1. The maximum Gasteiger partial charge on any atom is 0.218 e. The van der Waals surface area contributed by atoms with E-state index in [9.17, 15) is 14.3 Å². The lowest BCUT2D eigenvalue weighted by Gasteiger charge is -2.18. The van der Waals surface area contributed by atoms with E-state index < -0.39 is 0 Å². The van der Waals surface area contributed by atoms with E-state index in [2.05, 4.69) is 10.2 Å². The number of nitrogens with one attached hydrogen (secondary N) is 1. The second-order valence-corrected chi connectivity index (χ2v) is 5.80. The molecule has 0 bridgehead atoms. The average Bonchev–Trinajstić information content (AvgIpc) is 3.06. The van der Waals surface area contributed by atoms with Crippen LogP contribution in [0.3, 0.4) is 0 Å². The largest absolute Gasteiger partial charge is 0.508 e. The lowest BCUT2D eigenvalue weighted by molar-refractivity contribution is -0.106. The molecule has 2 N–H and O–H groups in total. The molecular weight excluding hydrogens is 333 g/mol. The summed E-state index contributed by atoms with van der Waals surface area (Å²) in [6.45, 7) is 0. The average molecular weight is 347 g/mol. The SMILES string of the molecule is O=CN(c1cccc(O)c1)c1ccc2[nH]nc(-c3ccc(F)cc3)c2c1. The third-order valence-corrected chi connectivity index (χ3v) is 4.16. The summed E-state index contributed by atoms with van der Waals surface area (Å²) >= 11 is 0. The highest BCUT2D eigenvalue weighted by Gasteiger charge is 2.13. The number of anilines is 2. The number of rotatable bonds is 4. The van der Waals surface area contributed by atoms with E-state index >= 15 is 0 Å². The fourth-order valence-corrected chi connectivity index (χ4v) is 2.89. The lowest BCUT2D eigenvalue weighted by atomic mass is 10.1. The van der Waals surface area contributed by atoms with Crippen molar-refractivity contribution in [2.24, 2.45) is 0 Å². The van der Waals surface area contributed by atoms with Gasteiger partial charge >= 0.3 is 0 Å². The first-order valence-electron chi connectivity index (χ1n) is 7.93. The normalized spacial score (nSPS) is 10.8. The van der Waals surface area contributed by atoms with Crippen molar-refractivity contribution in [1.82, 2.24) is 10.2 Å². The maximum atomic E-state index is 13.2. The molecule has 26 heavy (non-hydrogen) atoms. The van der Waals surface area contributed by atoms with Gasteiger partial charge in [0.15, 0.2) is 0 Å². The molecule has 3 aromatic carbocycles. The minimum absolute atomic E-state index is 0.0748. The van der Waals surface area contributed by atoms with Crippen LogP contribution in [-0.2, 0) is 4.79 Å². The lowest BCUT2D eigenvalue weighted by Crippen LogP contribution is -2.13. The fourth-order valence-electron chi connectivity index (χ4n) is 2.89. The van der Waals surface area contributed by atoms with Crippen LogP contribution in [0, 0.1) is 5.82 Å². The number of hydrogen-bond donors (Lipinski definition) is 2. The van der Waals surface area contributed by atoms with Gasteiger partial charge in [0.2, 0.25) is 6.41 Å². The van der Waals surface area contributed by atoms with Crippen molar-refractivity contribution in [3.05, 3.63) is 72.5 Å². The molecule has 4 rings (SSSR count). The highest BCUT2D eigenvalue weighted by atomic mass is 19.1. The van der Waals surface area contributed by atoms with Crippen LogP contribution in [0.25, 0.3) is 22.2 Å². The van der Waals surface area contributed by atoms with Crippen LogP contribution in [0.5, 0.6) is 5.75 Å². The highest BCUT2D eigenvalue weighted by molar-refractivity contribution is 5.98. The number of benzene rings is 3. The second kappa shape index (κ2) is 6.33. The van der Waals surface area contributed by atoms with Crippen LogP contribution < -0.4 is 4.90 Å². The Labute approximate surface area is 148 Å². The third kappa shape index (κ3) is 2.77. The zero-order valence-corrected chi connectivity index (χ0v) is 13.6. The molecule has 0 aliphatic heterocycles. The Hall–Kier alpha value is -3.67. The number of aromatic amines is 1. The summed E-state index contributed by atoms with van der Waals surface area (Å²) in [4.78, 5) is 13.1. The topological polar surface area (TPSA) is 69.2 Å². The van der Waals surface area contributed by atoms with Crippen LogP contribution >= 0.6 is 0 Å². The molecule has 0 saturated heterocycles. The van der Waals surface area contributed by atoms with Crippen molar-refractivity contribution in [3.8, 4) is 17.0 Å². The first-order chi connectivity index (χ1) is 12.7. The van der Waals surface area contributed by atoms with Crippen molar-refractivity contribution >= 4 is 28.7 Å². The van der Waals surface area contributed by atoms with Gasteiger partial charge in [-0.15, -0.1) is 0 Å². The number of H-pyrrole nitrogens is 1. The van der Waals surface area contributed by atoms with Crippen LogP contribution in [0.1, 0.15) is 0 Å². The first kappa shape index (κ1) is 15.8. The van der Waals surface area contributed by atoms with Gasteiger partial charge in [-0.1, -0.05) is 6.07 Å². The predicted octanol–water partition coefficient (Wildman–Crippen LogP) is 4.37. The number of halogens is 1. The molecule has 5 nitrogen and oxygen atoms in total. The number of fused-ring (bicyclic) bond motifs is 1. The van der Waals surface area contributed by atoms with E-state index in [0.29, 0.717) is 23.5 Å². The minimum atomic E-state index is -0.315. The van der Waals surface area contributed by atoms with Crippen LogP contribution in [0.4, 0.5) is 15.8 Å². The molecule has 6 heteroatoms. The Kier molecular flexibility index (Phi) is 3.85. The van der Waals surface area contributed by atoms with Gasteiger partial charge < -0.3 is 5.11 Å². The van der Waals surface area contributed by atoms with Crippen molar-refractivity contribution in [1.29, 1.82) is 0 Å². The van der Waals surface area contributed by atoms with Crippen LogP contribution in [-0.4, -0.2) is 21.7 Å². The molecule has 0 saturated carbocycles. The van der Waals surface area contributed by atoms with Crippen molar-refractivity contribution < 1.29 is 14.3 Å². The molecule has 0 spiro atoms. The Morgan fingerprint density at radius 3 is 2.50 bits per heavy atom. The molecule has 0 aliphatic rings. The van der Waals surface area contributed by atoms with Gasteiger partial charge in [0, 0.05) is 22.7 Å². The van der Waals surface area contributed by atoms with E-state index in [0.717, 1.165) is 16.5 Å². The molecule has 1 aromatic heterocycles. The summed E-state index contributed by atoms with van der Waals surface area (Å²) in [5.41, 5.74) is 3.41. The predicted molar refractivity (Wildman–Crippen MR) is 97.8 cm³/mol. The fraction of sp³-hybridized carbons (Fsp3) is 0. The Morgan fingerprint density at radius 1 is 1.00 bits per heavy atom. The third-order valence-electron chi connectivity index (χ3n) is 4.16. The molecule has 0 radical (unpaired) electrons. The Balaban J connectivity index is 1.82. The van der Waals surface area contributed by atoms with Crippen molar-refractivity contribution in [2.45, 2.75) is 0 Å². The highest BCUT2D eigenvalue weighted by Crippen LogP contribution is 2.32. The Bertz CT molecular complexity index is 1090. The number of carbonyl (C=O) groups excluding carboxylic acids is 1. The maximum absolute atomic E-state index is 13.2. The van der Waals surface area contributed by atoms with Crippen LogP contribution in [0.15, 0.2) is 66.7 Å². The molecule has 0 unspecified atom stereocenters. The van der Waals surface area contributed by atoms with E-state index in [1.807, 2.05) is 12.1 Å². The molecule has 4 aromatic rings. The van der Waals surface area contributed by atoms with E-state index in [1.54, 1.807) is 36.4 Å². The second-order valence-electron chi connectivity index (χ2n) is 5.80. The number of phenolic OH excluding ortho intramolecular Hbond substituents is 1. The number of nitrogens with zero attached hydrogens (tertiary/aromatic N) is 2. The molecule has 1 amide bonds. The molecule has 0 fully saturated rings. The minimum Gasteiger partial charge on any atom is -0.508 e. The monoisotopic (exact) mass is 347 g/mol. The number of aromatic nitrogens is 2. The number of hydrogen-bond acceptors (Lipinski definition) is 3. The number of carbonyl (C=O) groups is 1. The van der Waals surface area contributed by atoms with Crippen LogP contribution in [0.2, 0.25) is 0 Å². The Morgan fingerprint density at radius 2 is 1.77 bits per heavy atom. The smallest absolute Gasteiger partial charge is 0.218 e. The summed E-state index contributed by atoms with van der Waals surface area (Å²) in [5.74, 6) is -0.240. The summed E-state index contributed by atoms with van der Waals surface area (Å²) in [6.07, 6.45) is 0.688. The van der Waals surface area contributed by atoms with Gasteiger partial charge in [-0.25, -0.2) is 4.39 Å². The van der Waals surface area contributed by atoms with Gasteiger partial charge in [-0.3, -0.25) is 14.8 Å². The standard InChI is InChI=1S/C20H14FN3O2/c21-14-6-4-13(5-7-14)20-18-11-16(8-9-19(18)22-23-20)24(12-25)15-2-1-3-17(26)10-15/h1-12,26H,(H,22,23). The zero-order chi connectivity index (χ0) is 18.1. The molecule has 1 heterocycles. The van der Waals surface area contributed by atoms with Gasteiger partial charge in [0.25, 0.3) is 0 Å². The summed E-state index contributed by atoms with van der Waals surface area (Å²) < 4.78 is 13.2. The number of aromatic hydroxyl groups is 1. The van der Waals surface area contributed by atoms with Gasteiger partial charge in [0.1, 0.15) is 11.6 Å². The zero-order valence-electron chi connectivity index (χ0n) is 13.6. The van der Waals surface area contributed by atoms with Crippen molar-refractivity contribution in [3.63, 3.8) is 0 Å². The molecule has 128 valence electrons. The van der Waals surface area contributed by atoms with Crippen molar-refractivity contribution in [2.75, 3.05) is 4.90 Å². The summed E-state index contributed by atoms with van der Waals surface area (Å²) in [7, 11) is 0. The van der Waals surface area contributed by atoms with Gasteiger partial charge in [0.05, 0.1) is 16.9 Å². The van der Waals surface area contributed by atoms with Gasteiger partial charge in [-0.2, -0.15) is 5.10 Å². The van der Waals surface area contributed by atoms with Gasteiger partial charge in [-0.05, 0) is 54.6 Å².